The first-order valence-electron chi connectivity index (χ1n) is 7.09. The molecule has 0 aliphatic rings. The number of carbonyl (C=O) groups is 1. The monoisotopic (exact) mass is 329 g/mol. The van der Waals surface area contributed by atoms with E-state index in [0.29, 0.717) is 16.4 Å². The first-order valence-corrected chi connectivity index (χ1v) is 7.46. The van der Waals surface area contributed by atoms with Gasteiger partial charge in [-0.25, -0.2) is 4.68 Å². The van der Waals surface area contributed by atoms with E-state index in [4.69, 9.17) is 11.6 Å². The average molecular weight is 330 g/mol. The molecule has 118 valence electrons. The number of amides is 1. The van der Waals surface area contributed by atoms with Gasteiger partial charge in [-0.05, 0) is 38.1 Å². The molecule has 1 aromatic carbocycles. The second kappa shape index (κ2) is 5.89. The van der Waals surface area contributed by atoms with Gasteiger partial charge in [0.1, 0.15) is 0 Å². The Morgan fingerprint density at radius 3 is 2.35 bits per heavy atom. The number of nitrogens with zero attached hydrogens (tertiary/aromatic N) is 4. The van der Waals surface area contributed by atoms with Crippen molar-refractivity contribution in [3.8, 4) is 5.69 Å². The Bertz CT molecular complexity index is 863. The topological polar surface area (TPSA) is 64.7 Å². The molecule has 7 heteroatoms. The number of aromatic nitrogens is 4. The molecule has 0 saturated carbocycles. The average Bonchev–Trinajstić information content (AvgIpc) is 3.06. The minimum atomic E-state index is -0.207. The highest BCUT2D eigenvalue weighted by Crippen LogP contribution is 2.22. The number of rotatable bonds is 3. The quantitative estimate of drug-likeness (QED) is 0.803. The molecule has 2 aromatic heterocycles. The molecule has 0 bridgehead atoms. The molecule has 3 rings (SSSR count). The molecule has 0 aliphatic heterocycles. The van der Waals surface area contributed by atoms with Gasteiger partial charge in [-0.1, -0.05) is 11.6 Å². The zero-order valence-electron chi connectivity index (χ0n) is 13.0. The van der Waals surface area contributed by atoms with Gasteiger partial charge in [0.25, 0.3) is 5.91 Å². The van der Waals surface area contributed by atoms with Gasteiger partial charge in [-0.2, -0.15) is 10.2 Å². The summed E-state index contributed by atoms with van der Waals surface area (Å²) >= 11 is 6.17. The lowest BCUT2D eigenvalue weighted by atomic mass is 10.2. The standard InChI is InChI=1S/C16H16ClN5O/c1-10-15(17)11(2)22(19-10)13-6-4-12(5-7-13)16(23)18-14-8-9-21(3)20-14/h4-9H,1-3H3,(H,18,20,23). The molecule has 23 heavy (non-hydrogen) atoms. The summed E-state index contributed by atoms with van der Waals surface area (Å²) < 4.78 is 3.39. The number of benzene rings is 1. The summed E-state index contributed by atoms with van der Waals surface area (Å²) in [7, 11) is 1.80. The van der Waals surface area contributed by atoms with Gasteiger partial charge in [0.05, 0.1) is 22.1 Å². The van der Waals surface area contributed by atoms with Crippen molar-refractivity contribution in [2.75, 3.05) is 5.32 Å². The van der Waals surface area contributed by atoms with Gasteiger partial charge in [0, 0.05) is 24.9 Å². The van der Waals surface area contributed by atoms with Crippen LogP contribution in [0.15, 0.2) is 36.5 Å². The first-order chi connectivity index (χ1) is 11.0. The number of carbonyl (C=O) groups excluding carboxylic acids is 1. The van der Waals surface area contributed by atoms with Crippen LogP contribution in [0.4, 0.5) is 5.82 Å². The van der Waals surface area contributed by atoms with Crippen LogP contribution in [0.1, 0.15) is 21.7 Å². The molecule has 0 atom stereocenters. The van der Waals surface area contributed by atoms with E-state index in [2.05, 4.69) is 15.5 Å². The lowest BCUT2D eigenvalue weighted by Crippen LogP contribution is -2.12. The zero-order valence-corrected chi connectivity index (χ0v) is 13.8. The molecular formula is C16H16ClN5O. The van der Waals surface area contributed by atoms with Crippen molar-refractivity contribution in [1.82, 2.24) is 19.6 Å². The smallest absolute Gasteiger partial charge is 0.256 e. The van der Waals surface area contributed by atoms with Gasteiger partial charge in [-0.3, -0.25) is 9.48 Å². The number of hydrogen-bond donors (Lipinski definition) is 1. The molecule has 2 heterocycles. The van der Waals surface area contributed by atoms with Crippen molar-refractivity contribution in [2.45, 2.75) is 13.8 Å². The van der Waals surface area contributed by atoms with Gasteiger partial charge in [0.2, 0.25) is 0 Å². The third-order valence-electron chi connectivity index (χ3n) is 3.53. The molecule has 1 amide bonds. The number of aryl methyl sites for hydroxylation is 2. The van der Waals surface area contributed by atoms with Crippen LogP contribution < -0.4 is 5.32 Å². The number of halogens is 1. The molecule has 0 saturated heterocycles. The highest BCUT2D eigenvalue weighted by atomic mass is 35.5. The Balaban J connectivity index is 1.81. The van der Waals surface area contributed by atoms with Crippen LogP contribution in [0.5, 0.6) is 0 Å². The largest absolute Gasteiger partial charge is 0.305 e. The van der Waals surface area contributed by atoms with Crippen LogP contribution in [-0.2, 0) is 7.05 Å². The maximum absolute atomic E-state index is 12.2. The summed E-state index contributed by atoms with van der Waals surface area (Å²) in [6.07, 6.45) is 1.77. The van der Waals surface area contributed by atoms with E-state index in [0.717, 1.165) is 17.1 Å². The van der Waals surface area contributed by atoms with Crippen LogP contribution in [-0.4, -0.2) is 25.5 Å². The number of anilines is 1. The van der Waals surface area contributed by atoms with Crippen LogP contribution in [0.25, 0.3) is 5.69 Å². The van der Waals surface area contributed by atoms with Gasteiger partial charge < -0.3 is 5.32 Å². The molecule has 0 unspecified atom stereocenters. The van der Waals surface area contributed by atoms with E-state index in [1.807, 2.05) is 26.0 Å². The molecule has 6 nitrogen and oxygen atoms in total. The maximum Gasteiger partial charge on any atom is 0.256 e. The summed E-state index contributed by atoms with van der Waals surface area (Å²) in [6.45, 7) is 3.77. The Labute approximate surface area is 138 Å². The van der Waals surface area contributed by atoms with Crippen LogP contribution in [0, 0.1) is 13.8 Å². The minimum absolute atomic E-state index is 0.207. The summed E-state index contributed by atoms with van der Waals surface area (Å²) in [5.41, 5.74) is 3.05. The summed E-state index contributed by atoms with van der Waals surface area (Å²) in [5.74, 6) is 0.313. The molecule has 0 aliphatic carbocycles. The molecule has 1 N–H and O–H groups in total. The molecular weight excluding hydrogens is 314 g/mol. The van der Waals surface area contributed by atoms with Gasteiger partial charge in [0.15, 0.2) is 5.82 Å². The minimum Gasteiger partial charge on any atom is -0.305 e. The van der Waals surface area contributed by atoms with Crippen molar-refractivity contribution in [2.24, 2.45) is 7.05 Å². The Morgan fingerprint density at radius 2 is 1.83 bits per heavy atom. The van der Waals surface area contributed by atoms with E-state index < -0.39 is 0 Å². The van der Waals surface area contributed by atoms with E-state index in [1.165, 1.54) is 0 Å². The summed E-state index contributed by atoms with van der Waals surface area (Å²) in [5, 5.41) is 11.9. The van der Waals surface area contributed by atoms with E-state index >= 15 is 0 Å². The lowest BCUT2D eigenvalue weighted by molar-refractivity contribution is 0.102. The normalized spacial score (nSPS) is 10.8. The summed E-state index contributed by atoms with van der Waals surface area (Å²) in [4.78, 5) is 12.2. The summed E-state index contributed by atoms with van der Waals surface area (Å²) in [6, 6.07) is 8.91. The SMILES string of the molecule is Cc1nn(-c2ccc(C(=O)Nc3ccn(C)n3)cc2)c(C)c1Cl. The molecule has 3 aromatic rings. The molecule has 0 radical (unpaired) electrons. The second-order valence-electron chi connectivity index (χ2n) is 5.27. The first kappa shape index (κ1) is 15.3. The van der Waals surface area contributed by atoms with Crippen molar-refractivity contribution in [3.05, 3.63) is 58.5 Å². The van der Waals surface area contributed by atoms with E-state index in [-0.39, 0.29) is 5.91 Å². The van der Waals surface area contributed by atoms with Crippen molar-refractivity contribution < 1.29 is 4.79 Å². The molecule has 0 fully saturated rings. The fourth-order valence-corrected chi connectivity index (χ4v) is 2.42. The Hall–Kier alpha value is -2.60. The third-order valence-corrected chi connectivity index (χ3v) is 4.08. The van der Waals surface area contributed by atoms with Gasteiger partial charge in [-0.15, -0.1) is 0 Å². The predicted molar refractivity (Wildman–Crippen MR) is 89.2 cm³/mol. The lowest BCUT2D eigenvalue weighted by Gasteiger charge is -2.06. The molecule has 0 spiro atoms. The van der Waals surface area contributed by atoms with E-state index in [1.54, 1.807) is 40.8 Å². The highest BCUT2D eigenvalue weighted by Gasteiger charge is 2.12. The van der Waals surface area contributed by atoms with Crippen LogP contribution in [0.3, 0.4) is 0 Å². The zero-order chi connectivity index (χ0) is 16.6. The maximum atomic E-state index is 12.2. The number of hydrogen-bond acceptors (Lipinski definition) is 3. The highest BCUT2D eigenvalue weighted by molar-refractivity contribution is 6.31. The number of nitrogens with one attached hydrogen (secondary N) is 1. The Kier molecular flexibility index (Phi) is 3.92. The van der Waals surface area contributed by atoms with Crippen LogP contribution >= 0.6 is 11.6 Å². The van der Waals surface area contributed by atoms with Crippen molar-refractivity contribution in [1.29, 1.82) is 0 Å². The second-order valence-corrected chi connectivity index (χ2v) is 5.65. The Morgan fingerprint density at radius 1 is 1.13 bits per heavy atom. The van der Waals surface area contributed by atoms with E-state index in [9.17, 15) is 4.79 Å². The fourth-order valence-electron chi connectivity index (χ4n) is 2.30. The van der Waals surface area contributed by atoms with Crippen molar-refractivity contribution in [3.63, 3.8) is 0 Å². The fraction of sp³-hybridized carbons (Fsp3) is 0.188. The van der Waals surface area contributed by atoms with Crippen molar-refractivity contribution >= 4 is 23.3 Å². The van der Waals surface area contributed by atoms with Crippen LogP contribution in [0.2, 0.25) is 5.02 Å². The van der Waals surface area contributed by atoms with Gasteiger partial charge >= 0.3 is 0 Å². The third kappa shape index (κ3) is 2.98. The predicted octanol–water partition coefficient (Wildman–Crippen LogP) is 3.13.